The number of rotatable bonds is 3. The molecule has 5 heteroatoms. The van der Waals surface area contributed by atoms with E-state index in [1.807, 2.05) is 4.90 Å². The van der Waals surface area contributed by atoms with Crippen LogP contribution in [0.2, 0.25) is 0 Å². The van der Waals surface area contributed by atoms with Gasteiger partial charge in [0.25, 0.3) is 0 Å². The highest BCUT2D eigenvalue weighted by atomic mass is 19.4. The third-order valence-electron chi connectivity index (χ3n) is 4.72. The van der Waals surface area contributed by atoms with Crippen LogP contribution in [0.1, 0.15) is 44.9 Å². The average Bonchev–Trinajstić information content (AvgIpc) is 2.32. The van der Waals surface area contributed by atoms with Gasteiger partial charge in [0.1, 0.15) is 0 Å². The van der Waals surface area contributed by atoms with Gasteiger partial charge < -0.3 is 17.8 Å². The lowest BCUT2D eigenvalue weighted by Gasteiger charge is -2.45. The number of piperidine rings is 1. The molecule has 1 saturated heterocycles. The van der Waals surface area contributed by atoms with Crippen LogP contribution in [0.15, 0.2) is 12.1 Å². The molecule has 0 unspecified atom stereocenters. The Morgan fingerprint density at radius 3 is 2.06 bits per heavy atom. The minimum absolute atomic E-state index is 0.0135. The van der Waals surface area contributed by atoms with Crippen LogP contribution in [0.4, 0.5) is 12.9 Å². The van der Waals surface area contributed by atoms with Crippen molar-refractivity contribution in [2.24, 2.45) is 5.41 Å². The maximum atomic E-state index is 12.5. The fourth-order valence-corrected chi connectivity index (χ4v) is 3.38. The molecular weight excluding hydrogens is 238 g/mol. The third-order valence-corrected chi connectivity index (χ3v) is 4.72. The van der Waals surface area contributed by atoms with Crippen LogP contribution < -0.4 is 0 Å². The second kappa shape index (κ2) is 5.28. The molecule has 2 fully saturated rings. The van der Waals surface area contributed by atoms with E-state index >= 15 is 0 Å². The van der Waals surface area contributed by atoms with Gasteiger partial charge in [-0.3, -0.25) is 0 Å². The minimum Gasteiger partial charge on any atom is -0.445 e. The van der Waals surface area contributed by atoms with Gasteiger partial charge in [-0.15, -0.1) is 12.1 Å². The van der Waals surface area contributed by atoms with Gasteiger partial charge >= 0.3 is 6.98 Å². The molecule has 1 spiro atoms. The zero-order chi connectivity index (χ0) is 13.2. The molecule has 1 saturated carbocycles. The van der Waals surface area contributed by atoms with Crippen LogP contribution in [0, 0.1) is 5.41 Å². The molecule has 0 aromatic carbocycles. The van der Waals surface area contributed by atoms with E-state index < -0.39 is 12.4 Å². The molecule has 2 aliphatic rings. The van der Waals surface area contributed by atoms with E-state index in [1.165, 1.54) is 32.1 Å². The average molecular weight is 260 g/mol. The summed E-state index contributed by atoms with van der Waals surface area (Å²) in [5, 5.41) is 0. The molecule has 0 amide bonds. The van der Waals surface area contributed by atoms with E-state index in [4.69, 9.17) is 0 Å². The predicted molar refractivity (Wildman–Crippen MR) is 69.4 cm³/mol. The standard InChI is InChI=1S/C13H22BF3N/c1-12(14(15,16)17)11-18-9-7-13(8-10-18)5-3-2-4-6-13/h1-11H2/q-1. The van der Waals surface area contributed by atoms with Crippen LogP contribution in [-0.4, -0.2) is 31.5 Å². The summed E-state index contributed by atoms with van der Waals surface area (Å²) in [4.78, 5) is 1.93. The van der Waals surface area contributed by atoms with E-state index in [1.54, 1.807) is 0 Å². The first kappa shape index (κ1) is 14.0. The summed E-state index contributed by atoms with van der Waals surface area (Å²) >= 11 is 0. The van der Waals surface area contributed by atoms with Gasteiger partial charge in [-0.1, -0.05) is 19.3 Å². The summed E-state index contributed by atoms with van der Waals surface area (Å²) in [6.45, 7) is -0.0428. The molecule has 0 N–H and O–H groups in total. The Hall–Kier alpha value is -0.445. The van der Waals surface area contributed by atoms with Crippen LogP contribution in [0.5, 0.6) is 0 Å². The van der Waals surface area contributed by atoms with Crippen LogP contribution in [0.25, 0.3) is 0 Å². The Morgan fingerprint density at radius 2 is 1.56 bits per heavy atom. The Balaban J connectivity index is 1.81. The highest BCUT2D eigenvalue weighted by molar-refractivity contribution is 6.66. The summed E-state index contributed by atoms with van der Waals surface area (Å²) in [7, 11) is 0. The van der Waals surface area contributed by atoms with Crippen molar-refractivity contribution in [1.82, 2.24) is 4.90 Å². The topological polar surface area (TPSA) is 3.24 Å². The normalized spacial score (nSPS) is 25.3. The number of hydrogen-bond acceptors (Lipinski definition) is 1. The molecule has 1 aliphatic heterocycles. The van der Waals surface area contributed by atoms with Gasteiger partial charge in [-0.25, -0.2) is 0 Å². The number of nitrogens with zero attached hydrogens (tertiary/aromatic N) is 1. The molecule has 1 nitrogen and oxygen atoms in total. The molecule has 0 bridgehead atoms. The van der Waals surface area contributed by atoms with Crippen molar-refractivity contribution < 1.29 is 12.9 Å². The van der Waals surface area contributed by atoms with Crippen LogP contribution >= 0.6 is 0 Å². The molecule has 104 valence electrons. The molecule has 0 atom stereocenters. The van der Waals surface area contributed by atoms with Crippen molar-refractivity contribution in [2.75, 3.05) is 19.6 Å². The van der Waals surface area contributed by atoms with Gasteiger partial charge in [0.2, 0.25) is 0 Å². The Labute approximate surface area is 107 Å². The summed E-state index contributed by atoms with van der Waals surface area (Å²) in [5.41, 5.74) is -0.0889. The summed E-state index contributed by atoms with van der Waals surface area (Å²) in [6.07, 6.45) is 8.65. The predicted octanol–water partition coefficient (Wildman–Crippen LogP) is 3.98. The first-order valence-corrected chi connectivity index (χ1v) is 7.01. The van der Waals surface area contributed by atoms with Crippen LogP contribution in [-0.2, 0) is 0 Å². The smallest absolute Gasteiger partial charge is 0.445 e. The lowest BCUT2D eigenvalue weighted by atomic mass is 9.68. The van der Waals surface area contributed by atoms with Crippen molar-refractivity contribution >= 4 is 6.98 Å². The molecule has 0 aromatic heterocycles. The Bertz CT molecular complexity index is 298. The van der Waals surface area contributed by atoms with Crippen molar-refractivity contribution in [3.63, 3.8) is 0 Å². The van der Waals surface area contributed by atoms with Crippen molar-refractivity contribution in [3.8, 4) is 0 Å². The molecule has 1 heterocycles. The second-order valence-electron chi connectivity index (χ2n) is 6.07. The quantitative estimate of drug-likeness (QED) is 0.694. The maximum Gasteiger partial charge on any atom is 0.506 e. The zero-order valence-corrected chi connectivity index (χ0v) is 10.9. The number of halogens is 3. The number of hydrogen-bond donors (Lipinski definition) is 0. The summed E-state index contributed by atoms with van der Waals surface area (Å²) in [5.74, 6) is 0. The first-order valence-electron chi connectivity index (χ1n) is 7.01. The lowest BCUT2D eigenvalue weighted by molar-refractivity contribution is 0.0727. The van der Waals surface area contributed by atoms with E-state index in [-0.39, 0.29) is 6.54 Å². The van der Waals surface area contributed by atoms with Crippen molar-refractivity contribution in [2.45, 2.75) is 44.9 Å². The van der Waals surface area contributed by atoms with Gasteiger partial charge in [-0.05, 0) is 50.7 Å². The van der Waals surface area contributed by atoms with E-state index in [0.29, 0.717) is 5.41 Å². The molecule has 0 aromatic rings. The van der Waals surface area contributed by atoms with E-state index in [2.05, 4.69) is 6.58 Å². The molecule has 2 rings (SSSR count). The second-order valence-corrected chi connectivity index (χ2v) is 6.07. The third kappa shape index (κ3) is 3.31. The monoisotopic (exact) mass is 260 g/mol. The molecule has 0 radical (unpaired) electrons. The highest BCUT2D eigenvalue weighted by Crippen LogP contribution is 2.44. The Morgan fingerprint density at radius 1 is 1.00 bits per heavy atom. The molecule has 1 aliphatic carbocycles. The highest BCUT2D eigenvalue weighted by Gasteiger charge is 2.36. The molecular formula is C13H22BF3N-. The fourth-order valence-electron chi connectivity index (χ4n) is 3.38. The minimum atomic E-state index is -4.86. The van der Waals surface area contributed by atoms with Gasteiger partial charge in [0.05, 0.1) is 0 Å². The number of likely N-dealkylation sites (tertiary alicyclic amines) is 1. The fraction of sp³-hybridized carbons (Fsp3) is 0.846. The van der Waals surface area contributed by atoms with Gasteiger partial charge in [-0.2, -0.15) is 0 Å². The van der Waals surface area contributed by atoms with Crippen LogP contribution in [0.3, 0.4) is 0 Å². The van der Waals surface area contributed by atoms with Crippen molar-refractivity contribution in [3.05, 3.63) is 12.1 Å². The Kier molecular flexibility index (Phi) is 4.10. The lowest BCUT2D eigenvalue weighted by Crippen LogP contribution is -2.43. The zero-order valence-electron chi connectivity index (χ0n) is 10.9. The van der Waals surface area contributed by atoms with E-state index in [0.717, 1.165) is 25.9 Å². The van der Waals surface area contributed by atoms with Gasteiger partial charge in [0.15, 0.2) is 0 Å². The largest absolute Gasteiger partial charge is 0.506 e. The summed E-state index contributed by atoms with van der Waals surface area (Å²) < 4.78 is 37.5. The van der Waals surface area contributed by atoms with E-state index in [9.17, 15) is 12.9 Å². The van der Waals surface area contributed by atoms with Gasteiger partial charge in [0, 0.05) is 0 Å². The van der Waals surface area contributed by atoms with Crippen molar-refractivity contribution in [1.29, 1.82) is 0 Å². The maximum absolute atomic E-state index is 12.5. The first-order chi connectivity index (χ1) is 8.41. The summed E-state index contributed by atoms with van der Waals surface area (Å²) in [6, 6.07) is 0. The SMILES string of the molecule is C=C(CN1CCC2(CCCCC2)CC1)[B-](F)(F)F. The molecule has 18 heavy (non-hydrogen) atoms.